The van der Waals surface area contributed by atoms with E-state index in [2.05, 4.69) is 5.32 Å². The summed E-state index contributed by atoms with van der Waals surface area (Å²) < 4.78 is 4.85. The van der Waals surface area contributed by atoms with Crippen LogP contribution in [0.15, 0.2) is 0 Å². The van der Waals surface area contributed by atoms with Gasteiger partial charge in [0.15, 0.2) is 0 Å². The zero-order chi connectivity index (χ0) is 14.4. The lowest BCUT2D eigenvalue weighted by Gasteiger charge is -2.24. The number of carboxylic acids is 1. The second kappa shape index (κ2) is 6.70. The molecule has 1 amide bonds. The molecule has 0 aromatic carbocycles. The van der Waals surface area contributed by atoms with Gasteiger partial charge in [0.1, 0.15) is 0 Å². The molecular formula is C12H23NO5. The summed E-state index contributed by atoms with van der Waals surface area (Å²) in [6.45, 7) is 5.03. The molecule has 0 heterocycles. The van der Waals surface area contributed by atoms with Gasteiger partial charge in [-0.2, -0.15) is 0 Å². The average molecular weight is 261 g/mol. The minimum absolute atomic E-state index is 0.0743. The van der Waals surface area contributed by atoms with Crippen LogP contribution in [0.4, 0.5) is 0 Å². The Bertz CT molecular complexity index is 299. The summed E-state index contributed by atoms with van der Waals surface area (Å²) in [6, 6.07) is 0. The van der Waals surface area contributed by atoms with Crippen LogP contribution in [-0.2, 0) is 14.3 Å². The van der Waals surface area contributed by atoms with E-state index in [1.165, 1.54) is 21.0 Å². The Morgan fingerprint density at radius 1 is 1.28 bits per heavy atom. The molecule has 0 saturated heterocycles. The van der Waals surface area contributed by atoms with Crippen LogP contribution in [0.5, 0.6) is 0 Å². The zero-order valence-corrected chi connectivity index (χ0v) is 11.4. The number of carbonyl (C=O) groups is 2. The fourth-order valence-corrected chi connectivity index (χ4v) is 1.24. The van der Waals surface area contributed by atoms with E-state index >= 15 is 0 Å². The Balaban J connectivity index is 4.15. The van der Waals surface area contributed by atoms with Crippen molar-refractivity contribution < 1.29 is 24.5 Å². The molecule has 0 aliphatic heterocycles. The molecule has 18 heavy (non-hydrogen) atoms. The molecule has 0 spiro atoms. The van der Waals surface area contributed by atoms with Crippen molar-refractivity contribution >= 4 is 11.9 Å². The first-order valence-electron chi connectivity index (χ1n) is 5.82. The largest absolute Gasteiger partial charge is 0.481 e. The van der Waals surface area contributed by atoms with Crippen LogP contribution in [0.25, 0.3) is 0 Å². The first-order chi connectivity index (χ1) is 8.10. The van der Waals surface area contributed by atoms with Crippen molar-refractivity contribution in [1.29, 1.82) is 0 Å². The van der Waals surface area contributed by atoms with Crippen LogP contribution in [0.3, 0.4) is 0 Å². The molecule has 6 nitrogen and oxygen atoms in total. The minimum atomic E-state index is -1.11. The Morgan fingerprint density at radius 2 is 1.83 bits per heavy atom. The highest BCUT2D eigenvalue weighted by Gasteiger charge is 2.31. The molecule has 0 aliphatic rings. The van der Waals surface area contributed by atoms with E-state index in [1.807, 2.05) is 0 Å². The SMILES string of the molecule is COCCC(C)(O)CNC(=O)CC(C)(C)C(=O)O. The monoisotopic (exact) mass is 261 g/mol. The van der Waals surface area contributed by atoms with Crippen LogP contribution in [0.1, 0.15) is 33.6 Å². The van der Waals surface area contributed by atoms with Gasteiger partial charge in [0.25, 0.3) is 0 Å². The molecule has 1 atom stereocenters. The molecule has 6 heteroatoms. The fraction of sp³-hybridized carbons (Fsp3) is 0.833. The lowest BCUT2D eigenvalue weighted by atomic mass is 9.89. The van der Waals surface area contributed by atoms with Crippen LogP contribution in [-0.4, -0.2) is 48.0 Å². The third-order valence-electron chi connectivity index (χ3n) is 2.69. The number of nitrogens with one attached hydrogen (secondary N) is 1. The number of hydrogen-bond donors (Lipinski definition) is 3. The van der Waals surface area contributed by atoms with Gasteiger partial charge < -0.3 is 20.3 Å². The Hall–Kier alpha value is -1.14. The van der Waals surface area contributed by atoms with Crippen LogP contribution < -0.4 is 5.32 Å². The number of hydrogen-bond acceptors (Lipinski definition) is 4. The van der Waals surface area contributed by atoms with E-state index in [0.717, 1.165) is 0 Å². The molecule has 0 radical (unpaired) electrons. The molecule has 0 bridgehead atoms. The number of methoxy groups -OCH3 is 1. The lowest BCUT2D eigenvalue weighted by Crippen LogP contribution is -2.43. The van der Waals surface area contributed by atoms with Crippen LogP contribution in [0, 0.1) is 5.41 Å². The summed E-state index contributed by atoms with van der Waals surface area (Å²) in [5.74, 6) is -1.41. The molecule has 0 aliphatic carbocycles. The zero-order valence-electron chi connectivity index (χ0n) is 11.4. The third-order valence-corrected chi connectivity index (χ3v) is 2.69. The van der Waals surface area contributed by atoms with Gasteiger partial charge in [-0.3, -0.25) is 9.59 Å². The summed E-state index contributed by atoms with van der Waals surface area (Å²) >= 11 is 0. The molecular weight excluding hydrogens is 238 g/mol. The highest BCUT2D eigenvalue weighted by Crippen LogP contribution is 2.20. The molecule has 0 saturated carbocycles. The van der Waals surface area contributed by atoms with Gasteiger partial charge in [-0.25, -0.2) is 0 Å². The lowest BCUT2D eigenvalue weighted by molar-refractivity contribution is -0.149. The fourth-order valence-electron chi connectivity index (χ4n) is 1.24. The maximum absolute atomic E-state index is 11.6. The van der Waals surface area contributed by atoms with E-state index in [4.69, 9.17) is 9.84 Å². The minimum Gasteiger partial charge on any atom is -0.481 e. The number of aliphatic hydroxyl groups is 1. The van der Waals surface area contributed by atoms with Crippen molar-refractivity contribution in [3.05, 3.63) is 0 Å². The Morgan fingerprint density at radius 3 is 2.28 bits per heavy atom. The maximum atomic E-state index is 11.6. The van der Waals surface area contributed by atoms with Crippen molar-refractivity contribution in [3.8, 4) is 0 Å². The highest BCUT2D eigenvalue weighted by molar-refractivity contribution is 5.84. The van der Waals surface area contributed by atoms with Crippen molar-refractivity contribution in [2.45, 2.75) is 39.2 Å². The quantitative estimate of drug-likeness (QED) is 0.587. The Labute approximate surface area is 107 Å². The van der Waals surface area contributed by atoms with Crippen LogP contribution >= 0.6 is 0 Å². The molecule has 0 rings (SSSR count). The van der Waals surface area contributed by atoms with E-state index in [9.17, 15) is 14.7 Å². The number of carboxylic acid groups (broad SMARTS) is 1. The van der Waals surface area contributed by atoms with Gasteiger partial charge in [-0.15, -0.1) is 0 Å². The first kappa shape index (κ1) is 16.9. The normalized spacial score (nSPS) is 14.9. The summed E-state index contributed by atoms with van der Waals surface area (Å²) in [5, 5.41) is 21.3. The number of rotatable bonds is 8. The summed E-state index contributed by atoms with van der Waals surface area (Å²) in [4.78, 5) is 22.4. The first-order valence-corrected chi connectivity index (χ1v) is 5.82. The smallest absolute Gasteiger partial charge is 0.309 e. The van der Waals surface area contributed by atoms with Crippen molar-refractivity contribution in [2.75, 3.05) is 20.3 Å². The third kappa shape index (κ3) is 6.56. The van der Waals surface area contributed by atoms with Crippen molar-refractivity contribution in [1.82, 2.24) is 5.32 Å². The average Bonchev–Trinajstić information content (AvgIpc) is 2.23. The number of carbonyl (C=O) groups excluding carboxylic acids is 1. The number of aliphatic carboxylic acids is 1. The molecule has 0 aromatic heterocycles. The van der Waals surface area contributed by atoms with Gasteiger partial charge in [-0.1, -0.05) is 0 Å². The topological polar surface area (TPSA) is 95.9 Å². The second-order valence-corrected chi connectivity index (χ2v) is 5.38. The summed E-state index contributed by atoms with van der Waals surface area (Å²) in [6.07, 6.45) is 0.273. The molecule has 106 valence electrons. The predicted molar refractivity (Wildman–Crippen MR) is 66.2 cm³/mol. The van der Waals surface area contributed by atoms with Gasteiger partial charge in [0.05, 0.1) is 11.0 Å². The van der Waals surface area contributed by atoms with E-state index in [1.54, 1.807) is 6.92 Å². The summed E-state index contributed by atoms with van der Waals surface area (Å²) in [7, 11) is 1.53. The standard InChI is InChI=1S/C12H23NO5/c1-11(2,10(15)16)7-9(14)13-8-12(3,17)5-6-18-4/h17H,5-8H2,1-4H3,(H,13,14)(H,15,16). The van der Waals surface area contributed by atoms with Gasteiger partial charge in [0, 0.05) is 33.1 Å². The maximum Gasteiger partial charge on any atom is 0.309 e. The van der Waals surface area contributed by atoms with Gasteiger partial charge in [0.2, 0.25) is 5.91 Å². The van der Waals surface area contributed by atoms with E-state index in [-0.39, 0.29) is 18.9 Å². The number of amides is 1. The van der Waals surface area contributed by atoms with E-state index < -0.39 is 17.0 Å². The van der Waals surface area contributed by atoms with Crippen LogP contribution in [0.2, 0.25) is 0 Å². The highest BCUT2D eigenvalue weighted by atomic mass is 16.5. The molecule has 3 N–H and O–H groups in total. The molecule has 0 aromatic rings. The molecule has 0 fully saturated rings. The Kier molecular flexibility index (Phi) is 6.28. The second-order valence-electron chi connectivity index (χ2n) is 5.38. The van der Waals surface area contributed by atoms with Gasteiger partial charge >= 0.3 is 5.97 Å². The van der Waals surface area contributed by atoms with Crippen molar-refractivity contribution in [2.24, 2.45) is 5.41 Å². The predicted octanol–water partition coefficient (Wildman–Crippen LogP) is 0.391. The summed E-state index contributed by atoms with van der Waals surface area (Å²) in [5.41, 5.74) is -2.17. The van der Waals surface area contributed by atoms with Crippen molar-refractivity contribution in [3.63, 3.8) is 0 Å². The number of ether oxygens (including phenoxy) is 1. The molecule has 1 unspecified atom stereocenters. The van der Waals surface area contributed by atoms with Gasteiger partial charge in [-0.05, 0) is 20.8 Å². The van der Waals surface area contributed by atoms with E-state index in [0.29, 0.717) is 13.0 Å².